The molecule has 0 unspecified atom stereocenters. The van der Waals surface area contributed by atoms with Gasteiger partial charge in [-0.3, -0.25) is 9.89 Å². The largest absolute Gasteiger partial charge is 0.466 e. The summed E-state index contributed by atoms with van der Waals surface area (Å²) in [6, 6.07) is -0.438. The smallest absolute Gasteiger partial charge is 0.408 e. The molecule has 0 spiro atoms. The first-order chi connectivity index (χ1) is 9.71. The molecule has 8 nitrogen and oxygen atoms in total. The standard InChI is InChI=1S/C13H22N4O4/c1-6-20-10(18)7-9-15-11(17-16-9)8(2)14-12(19)21-13(3,4)5/h8H,6-7H2,1-5H3,(H,14,19)(H,15,16,17)/t8-/m0/s1. The SMILES string of the molecule is CCOC(=O)Cc1nc([C@H](C)NC(=O)OC(C)(C)C)n[nH]1. The van der Waals surface area contributed by atoms with Gasteiger partial charge in [-0.15, -0.1) is 0 Å². The number of hydrogen-bond donors (Lipinski definition) is 2. The van der Waals surface area contributed by atoms with Gasteiger partial charge in [-0.05, 0) is 34.6 Å². The molecule has 0 aliphatic carbocycles. The zero-order valence-corrected chi connectivity index (χ0v) is 13.0. The van der Waals surface area contributed by atoms with Crippen molar-refractivity contribution in [3.8, 4) is 0 Å². The van der Waals surface area contributed by atoms with Gasteiger partial charge in [0, 0.05) is 0 Å². The summed E-state index contributed by atoms with van der Waals surface area (Å²) in [5.74, 6) is 0.384. The molecule has 118 valence electrons. The quantitative estimate of drug-likeness (QED) is 0.798. The molecule has 0 saturated heterocycles. The molecule has 0 fully saturated rings. The molecule has 0 aliphatic heterocycles. The number of ether oxygens (including phenoxy) is 2. The zero-order chi connectivity index (χ0) is 16.0. The molecule has 1 rings (SSSR count). The Morgan fingerprint density at radius 1 is 1.38 bits per heavy atom. The second-order valence-corrected chi connectivity index (χ2v) is 5.49. The van der Waals surface area contributed by atoms with Crippen LogP contribution in [0.2, 0.25) is 0 Å². The van der Waals surface area contributed by atoms with Crippen LogP contribution in [0.15, 0.2) is 0 Å². The minimum atomic E-state index is -0.572. The van der Waals surface area contributed by atoms with Gasteiger partial charge in [0.25, 0.3) is 0 Å². The van der Waals surface area contributed by atoms with E-state index in [1.807, 2.05) is 0 Å². The van der Waals surface area contributed by atoms with E-state index in [9.17, 15) is 9.59 Å². The Kier molecular flexibility index (Phi) is 5.69. The number of carbonyl (C=O) groups excluding carboxylic acids is 2. The molecular weight excluding hydrogens is 276 g/mol. The second-order valence-electron chi connectivity index (χ2n) is 5.49. The molecule has 1 heterocycles. The predicted octanol–water partition coefficient (Wildman–Crippen LogP) is 1.50. The van der Waals surface area contributed by atoms with Gasteiger partial charge in [0.1, 0.15) is 17.8 Å². The number of esters is 1. The highest BCUT2D eigenvalue weighted by Crippen LogP contribution is 2.11. The lowest BCUT2D eigenvalue weighted by Crippen LogP contribution is -2.34. The zero-order valence-electron chi connectivity index (χ0n) is 13.0. The Morgan fingerprint density at radius 3 is 2.62 bits per heavy atom. The Hall–Kier alpha value is -2.12. The lowest BCUT2D eigenvalue weighted by Gasteiger charge is -2.21. The number of hydrogen-bond acceptors (Lipinski definition) is 6. The van der Waals surface area contributed by atoms with Crippen LogP contribution in [0, 0.1) is 0 Å². The molecular formula is C13H22N4O4. The average molecular weight is 298 g/mol. The van der Waals surface area contributed by atoms with E-state index in [0.29, 0.717) is 18.3 Å². The van der Waals surface area contributed by atoms with E-state index >= 15 is 0 Å². The van der Waals surface area contributed by atoms with Gasteiger partial charge in [0.05, 0.1) is 12.6 Å². The van der Waals surface area contributed by atoms with Crippen LogP contribution in [0.3, 0.4) is 0 Å². The third-order valence-electron chi connectivity index (χ3n) is 2.29. The fourth-order valence-electron chi connectivity index (χ4n) is 1.48. The van der Waals surface area contributed by atoms with Crippen molar-refractivity contribution in [2.75, 3.05) is 6.61 Å². The monoisotopic (exact) mass is 298 g/mol. The summed E-state index contributed by atoms with van der Waals surface area (Å²) in [7, 11) is 0. The molecule has 0 aliphatic rings. The van der Waals surface area contributed by atoms with Gasteiger partial charge in [-0.25, -0.2) is 9.78 Å². The van der Waals surface area contributed by atoms with Crippen molar-refractivity contribution in [3.05, 3.63) is 11.6 Å². The highest BCUT2D eigenvalue weighted by atomic mass is 16.6. The van der Waals surface area contributed by atoms with Crippen molar-refractivity contribution >= 4 is 12.1 Å². The molecule has 2 N–H and O–H groups in total. The summed E-state index contributed by atoms with van der Waals surface area (Å²) in [5.41, 5.74) is -0.572. The van der Waals surface area contributed by atoms with Crippen LogP contribution in [0.25, 0.3) is 0 Å². The maximum absolute atomic E-state index is 11.6. The van der Waals surface area contributed by atoms with E-state index in [2.05, 4.69) is 20.5 Å². The number of rotatable bonds is 5. The molecule has 1 aromatic heterocycles. The van der Waals surface area contributed by atoms with E-state index in [-0.39, 0.29) is 12.4 Å². The number of alkyl carbamates (subject to hydrolysis) is 1. The molecule has 1 atom stereocenters. The van der Waals surface area contributed by atoms with Crippen LogP contribution in [-0.2, 0) is 20.7 Å². The molecule has 0 aromatic carbocycles. The van der Waals surface area contributed by atoms with Crippen molar-refractivity contribution in [2.24, 2.45) is 0 Å². The van der Waals surface area contributed by atoms with Crippen molar-refractivity contribution in [1.29, 1.82) is 0 Å². The number of nitrogens with one attached hydrogen (secondary N) is 2. The first-order valence-electron chi connectivity index (χ1n) is 6.77. The van der Waals surface area contributed by atoms with Crippen molar-refractivity contribution < 1.29 is 19.1 Å². The maximum Gasteiger partial charge on any atom is 0.408 e. The molecule has 8 heteroatoms. The molecule has 1 aromatic rings. The first kappa shape index (κ1) is 16.9. The highest BCUT2D eigenvalue weighted by molar-refractivity contribution is 5.71. The van der Waals surface area contributed by atoms with Crippen LogP contribution in [-0.4, -0.2) is 39.5 Å². The minimum absolute atomic E-state index is 0.0139. The van der Waals surface area contributed by atoms with Crippen molar-refractivity contribution in [3.63, 3.8) is 0 Å². The van der Waals surface area contributed by atoms with Gasteiger partial charge in [-0.1, -0.05) is 0 Å². The Balaban J connectivity index is 2.55. The van der Waals surface area contributed by atoms with Gasteiger partial charge < -0.3 is 14.8 Å². The average Bonchev–Trinajstić information content (AvgIpc) is 2.74. The fraction of sp³-hybridized carbons (Fsp3) is 0.692. The lowest BCUT2D eigenvalue weighted by atomic mass is 10.2. The number of H-pyrrole nitrogens is 1. The maximum atomic E-state index is 11.6. The van der Waals surface area contributed by atoms with Crippen molar-refractivity contribution in [1.82, 2.24) is 20.5 Å². The van der Waals surface area contributed by atoms with E-state index in [4.69, 9.17) is 9.47 Å². The summed E-state index contributed by atoms with van der Waals surface area (Å²) < 4.78 is 9.96. The summed E-state index contributed by atoms with van der Waals surface area (Å²) in [4.78, 5) is 27.1. The molecule has 1 amide bonds. The van der Waals surface area contributed by atoms with Gasteiger partial charge in [0.15, 0.2) is 5.82 Å². The lowest BCUT2D eigenvalue weighted by molar-refractivity contribution is -0.142. The van der Waals surface area contributed by atoms with Crippen LogP contribution in [0.4, 0.5) is 4.79 Å². The van der Waals surface area contributed by atoms with Crippen LogP contribution in [0.1, 0.15) is 52.3 Å². The fourth-order valence-corrected chi connectivity index (χ4v) is 1.48. The number of aromatic nitrogens is 3. The van der Waals surface area contributed by atoms with Gasteiger partial charge >= 0.3 is 12.1 Å². The van der Waals surface area contributed by atoms with Gasteiger partial charge in [0.2, 0.25) is 0 Å². The highest BCUT2D eigenvalue weighted by Gasteiger charge is 2.20. The topological polar surface area (TPSA) is 106 Å². The van der Waals surface area contributed by atoms with Crippen molar-refractivity contribution in [2.45, 2.75) is 52.7 Å². The van der Waals surface area contributed by atoms with Crippen LogP contribution >= 0.6 is 0 Å². The Morgan fingerprint density at radius 2 is 2.05 bits per heavy atom. The number of aromatic amines is 1. The van der Waals surface area contributed by atoms with Crippen LogP contribution < -0.4 is 5.32 Å². The number of carbonyl (C=O) groups is 2. The predicted molar refractivity (Wildman–Crippen MR) is 74.5 cm³/mol. The van der Waals surface area contributed by atoms with E-state index in [1.165, 1.54) is 0 Å². The Labute approximate surface area is 123 Å². The van der Waals surface area contributed by atoms with Crippen LogP contribution in [0.5, 0.6) is 0 Å². The third-order valence-corrected chi connectivity index (χ3v) is 2.29. The first-order valence-corrected chi connectivity index (χ1v) is 6.77. The minimum Gasteiger partial charge on any atom is -0.466 e. The van der Waals surface area contributed by atoms with Gasteiger partial charge in [-0.2, -0.15) is 5.10 Å². The number of amides is 1. The normalized spacial score (nSPS) is 12.6. The number of nitrogens with zero attached hydrogens (tertiary/aromatic N) is 2. The summed E-state index contributed by atoms with van der Waals surface area (Å²) in [6.45, 7) is 9.11. The summed E-state index contributed by atoms with van der Waals surface area (Å²) in [5, 5.41) is 9.23. The van der Waals surface area contributed by atoms with E-state index in [0.717, 1.165) is 0 Å². The third kappa shape index (κ3) is 6.24. The molecule has 21 heavy (non-hydrogen) atoms. The van der Waals surface area contributed by atoms with E-state index in [1.54, 1.807) is 34.6 Å². The molecule has 0 bridgehead atoms. The Bertz CT molecular complexity index is 493. The van der Waals surface area contributed by atoms with E-state index < -0.39 is 17.7 Å². The molecule has 0 saturated carbocycles. The molecule has 0 radical (unpaired) electrons. The second kappa shape index (κ2) is 7.05. The summed E-state index contributed by atoms with van der Waals surface area (Å²) in [6.07, 6.45) is -0.535. The summed E-state index contributed by atoms with van der Waals surface area (Å²) >= 11 is 0.